The fourth-order valence-electron chi connectivity index (χ4n) is 2.37. The molecule has 0 fully saturated rings. The van der Waals surface area contributed by atoms with Crippen molar-refractivity contribution in [1.82, 2.24) is 0 Å². The van der Waals surface area contributed by atoms with Gasteiger partial charge in [0.15, 0.2) is 0 Å². The van der Waals surface area contributed by atoms with Crippen molar-refractivity contribution in [3.63, 3.8) is 0 Å². The highest BCUT2D eigenvalue weighted by Crippen LogP contribution is 2.31. The van der Waals surface area contributed by atoms with Gasteiger partial charge in [0, 0.05) is 5.02 Å². The van der Waals surface area contributed by atoms with Gasteiger partial charge >= 0.3 is 0 Å². The molecule has 1 unspecified atom stereocenters. The molecule has 0 aliphatic heterocycles. The molecule has 0 bridgehead atoms. The van der Waals surface area contributed by atoms with E-state index in [0.717, 1.165) is 22.3 Å². The van der Waals surface area contributed by atoms with E-state index in [-0.39, 0.29) is 0 Å². The molecule has 0 heterocycles. The molecule has 1 nitrogen and oxygen atoms in total. The summed E-state index contributed by atoms with van der Waals surface area (Å²) in [6, 6.07) is 9.84. The molecule has 0 radical (unpaired) electrons. The lowest BCUT2D eigenvalue weighted by molar-refractivity contribution is 0.218. The molecular weight excluding hydrogens is 256 g/mol. The van der Waals surface area contributed by atoms with E-state index in [1.165, 1.54) is 11.1 Å². The van der Waals surface area contributed by atoms with E-state index in [9.17, 15) is 5.11 Å². The largest absolute Gasteiger partial charge is 0.384 e. The van der Waals surface area contributed by atoms with Gasteiger partial charge < -0.3 is 5.11 Å². The fourth-order valence-corrected chi connectivity index (χ4v) is 2.55. The van der Waals surface area contributed by atoms with Crippen molar-refractivity contribution < 1.29 is 5.11 Å². The van der Waals surface area contributed by atoms with Gasteiger partial charge in [-0.1, -0.05) is 35.9 Å². The molecule has 2 heteroatoms. The molecule has 0 saturated carbocycles. The number of aliphatic hydroxyl groups excluding tert-OH is 1. The molecule has 2 rings (SSSR count). The first-order valence-electron chi connectivity index (χ1n) is 6.42. The number of hydrogen-bond donors (Lipinski definition) is 1. The van der Waals surface area contributed by atoms with Crippen LogP contribution in [0.3, 0.4) is 0 Å². The topological polar surface area (TPSA) is 20.2 Å². The van der Waals surface area contributed by atoms with Crippen molar-refractivity contribution in [2.75, 3.05) is 0 Å². The van der Waals surface area contributed by atoms with Crippen molar-refractivity contribution in [2.45, 2.75) is 33.8 Å². The van der Waals surface area contributed by atoms with Crippen LogP contribution in [0, 0.1) is 27.7 Å². The Bertz CT molecular complexity index is 617. The van der Waals surface area contributed by atoms with Crippen molar-refractivity contribution >= 4 is 11.6 Å². The number of benzene rings is 2. The van der Waals surface area contributed by atoms with Gasteiger partial charge in [-0.25, -0.2) is 0 Å². The maximum atomic E-state index is 10.6. The summed E-state index contributed by atoms with van der Waals surface area (Å²) in [5, 5.41) is 11.3. The van der Waals surface area contributed by atoms with Crippen LogP contribution >= 0.6 is 11.6 Å². The van der Waals surface area contributed by atoms with E-state index in [4.69, 9.17) is 11.6 Å². The minimum Gasteiger partial charge on any atom is -0.384 e. The van der Waals surface area contributed by atoms with E-state index in [0.29, 0.717) is 5.02 Å². The Morgan fingerprint density at radius 3 is 2.21 bits per heavy atom. The normalized spacial score (nSPS) is 12.5. The smallest absolute Gasteiger partial charge is 0.105 e. The third-order valence-corrected chi connectivity index (χ3v) is 4.19. The molecule has 0 aliphatic rings. The highest BCUT2D eigenvalue weighted by atomic mass is 35.5. The van der Waals surface area contributed by atoms with E-state index in [2.05, 4.69) is 26.0 Å². The molecule has 1 N–H and O–H groups in total. The first-order chi connectivity index (χ1) is 8.91. The van der Waals surface area contributed by atoms with Crippen LogP contribution < -0.4 is 0 Å². The van der Waals surface area contributed by atoms with Gasteiger partial charge in [0.25, 0.3) is 0 Å². The second-order valence-corrected chi connectivity index (χ2v) is 5.56. The van der Waals surface area contributed by atoms with Crippen LogP contribution in [0.2, 0.25) is 5.02 Å². The number of rotatable bonds is 2. The standard InChI is InChI=1S/C17H19ClO/c1-10-8-12(3)15(9-11(10)2)17(19)14-6-5-7-16(18)13(14)4/h5-9,17,19H,1-4H3. The summed E-state index contributed by atoms with van der Waals surface area (Å²) in [6.07, 6.45) is -0.627. The third-order valence-electron chi connectivity index (χ3n) is 3.78. The Hall–Kier alpha value is -1.31. The van der Waals surface area contributed by atoms with Crippen LogP contribution in [-0.4, -0.2) is 5.11 Å². The summed E-state index contributed by atoms with van der Waals surface area (Å²) in [5.41, 5.74) is 6.31. The maximum absolute atomic E-state index is 10.6. The number of aliphatic hydroxyl groups is 1. The molecule has 2 aromatic carbocycles. The van der Waals surface area contributed by atoms with Crippen LogP contribution in [0.25, 0.3) is 0 Å². The van der Waals surface area contributed by atoms with Gasteiger partial charge in [0.05, 0.1) is 0 Å². The zero-order chi connectivity index (χ0) is 14.2. The number of hydrogen-bond acceptors (Lipinski definition) is 1. The predicted octanol–water partition coefficient (Wildman–Crippen LogP) is 4.66. The molecule has 0 aromatic heterocycles. The van der Waals surface area contributed by atoms with Gasteiger partial charge in [-0.3, -0.25) is 0 Å². The molecule has 0 amide bonds. The number of aryl methyl sites for hydroxylation is 3. The van der Waals surface area contributed by atoms with Crippen molar-refractivity contribution in [3.05, 3.63) is 68.7 Å². The summed E-state index contributed by atoms with van der Waals surface area (Å²) in [7, 11) is 0. The molecular formula is C17H19ClO. The van der Waals surface area contributed by atoms with Crippen molar-refractivity contribution in [1.29, 1.82) is 0 Å². The van der Waals surface area contributed by atoms with Gasteiger partial charge in [-0.05, 0) is 67.1 Å². The molecule has 1 atom stereocenters. The van der Waals surface area contributed by atoms with E-state index < -0.39 is 6.10 Å². The van der Waals surface area contributed by atoms with Gasteiger partial charge in [0.1, 0.15) is 6.10 Å². The first kappa shape index (κ1) is 14.1. The third kappa shape index (κ3) is 2.68. The lowest BCUT2D eigenvalue weighted by Crippen LogP contribution is -2.05. The zero-order valence-electron chi connectivity index (χ0n) is 11.8. The Morgan fingerprint density at radius 2 is 1.53 bits per heavy atom. The number of halogens is 1. The highest BCUT2D eigenvalue weighted by molar-refractivity contribution is 6.31. The van der Waals surface area contributed by atoms with E-state index in [1.807, 2.05) is 32.0 Å². The predicted molar refractivity (Wildman–Crippen MR) is 80.9 cm³/mol. The van der Waals surface area contributed by atoms with E-state index in [1.54, 1.807) is 0 Å². The molecule has 0 aliphatic carbocycles. The summed E-state index contributed by atoms with van der Waals surface area (Å²) >= 11 is 6.13. The van der Waals surface area contributed by atoms with Crippen LogP contribution in [0.15, 0.2) is 30.3 Å². The van der Waals surface area contributed by atoms with Crippen molar-refractivity contribution in [3.8, 4) is 0 Å². The van der Waals surface area contributed by atoms with Crippen LogP contribution in [0.5, 0.6) is 0 Å². The van der Waals surface area contributed by atoms with Crippen molar-refractivity contribution in [2.24, 2.45) is 0 Å². The monoisotopic (exact) mass is 274 g/mol. The van der Waals surface area contributed by atoms with Gasteiger partial charge in [0.2, 0.25) is 0 Å². The SMILES string of the molecule is Cc1cc(C)c(C(O)c2cccc(Cl)c2C)cc1C. The molecule has 0 spiro atoms. The molecule has 100 valence electrons. The van der Waals surface area contributed by atoms with E-state index >= 15 is 0 Å². The quantitative estimate of drug-likeness (QED) is 0.845. The second-order valence-electron chi connectivity index (χ2n) is 5.15. The highest BCUT2D eigenvalue weighted by Gasteiger charge is 2.17. The lowest BCUT2D eigenvalue weighted by atomic mass is 9.92. The second kappa shape index (κ2) is 5.36. The summed E-state index contributed by atoms with van der Waals surface area (Å²) in [5.74, 6) is 0. The average Bonchev–Trinajstić information content (AvgIpc) is 2.36. The minimum atomic E-state index is -0.627. The maximum Gasteiger partial charge on any atom is 0.105 e. The lowest BCUT2D eigenvalue weighted by Gasteiger charge is -2.18. The first-order valence-corrected chi connectivity index (χ1v) is 6.80. The molecule has 19 heavy (non-hydrogen) atoms. The Balaban J connectivity index is 2.53. The Kier molecular flexibility index (Phi) is 3.98. The van der Waals surface area contributed by atoms with Crippen LogP contribution in [0.4, 0.5) is 0 Å². The minimum absolute atomic E-state index is 0.627. The zero-order valence-corrected chi connectivity index (χ0v) is 12.5. The van der Waals surface area contributed by atoms with Crippen LogP contribution in [0.1, 0.15) is 39.5 Å². The molecule has 0 saturated heterocycles. The van der Waals surface area contributed by atoms with Gasteiger partial charge in [-0.15, -0.1) is 0 Å². The summed E-state index contributed by atoms with van der Waals surface area (Å²) < 4.78 is 0. The molecule has 2 aromatic rings. The summed E-state index contributed by atoms with van der Waals surface area (Å²) in [6.45, 7) is 8.13. The van der Waals surface area contributed by atoms with Gasteiger partial charge in [-0.2, -0.15) is 0 Å². The Labute approximate surface area is 119 Å². The average molecular weight is 275 g/mol. The van der Waals surface area contributed by atoms with Crippen LogP contribution in [-0.2, 0) is 0 Å². The Morgan fingerprint density at radius 1 is 0.895 bits per heavy atom. The summed E-state index contributed by atoms with van der Waals surface area (Å²) in [4.78, 5) is 0. The fraction of sp³-hybridized carbons (Fsp3) is 0.294.